The van der Waals surface area contributed by atoms with E-state index in [-0.39, 0.29) is 5.91 Å². The van der Waals surface area contributed by atoms with Gasteiger partial charge in [-0.25, -0.2) is 0 Å². The standard InChI is InChI=1S/C14H24N4O/c1-4-6-16-13-9-12(10-15-11-13)14(19)17-7-5-8-18(2)3/h9-11,16H,4-8H2,1-3H3,(H,17,19). The molecule has 0 saturated carbocycles. The van der Waals surface area contributed by atoms with Crippen molar-refractivity contribution >= 4 is 11.6 Å². The summed E-state index contributed by atoms with van der Waals surface area (Å²) in [5, 5.41) is 6.13. The minimum absolute atomic E-state index is 0.0635. The molecular weight excluding hydrogens is 240 g/mol. The fourth-order valence-electron chi connectivity index (χ4n) is 1.63. The molecule has 5 heteroatoms. The monoisotopic (exact) mass is 264 g/mol. The van der Waals surface area contributed by atoms with Crippen LogP contribution in [0.1, 0.15) is 30.1 Å². The molecule has 0 aliphatic carbocycles. The number of hydrogen-bond donors (Lipinski definition) is 2. The molecule has 0 unspecified atom stereocenters. The molecule has 1 amide bonds. The van der Waals surface area contributed by atoms with E-state index in [9.17, 15) is 4.79 Å². The molecule has 1 aromatic heterocycles. The van der Waals surface area contributed by atoms with Crippen molar-refractivity contribution in [1.29, 1.82) is 0 Å². The first-order valence-electron chi connectivity index (χ1n) is 6.75. The number of anilines is 1. The summed E-state index contributed by atoms with van der Waals surface area (Å²) in [6.45, 7) is 4.64. The summed E-state index contributed by atoms with van der Waals surface area (Å²) < 4.78 is 0. The van der Waals surface area contributed by atoms with Crippen LogP contribution in [0.5, 0.6) is 0 Å². The van der Waals surface area contributed by atoms with Gasteiger partial charge in [0.2, 0.25) is 0 Å². The first-order chi connectivity index (χ1) is 9.13. The van der Waals surface area contributed by atoms with E-state index in [2.05, 4.69) is 27.4 Å². The third-order valence-corrected chi connectivity index (χ3v) is 2.65. The molecule has 0 aliphatic heterocycles. The molecular formula is C14H24N4O. The third-order valence-electron chi connectivity index (χ3n) is 2.65. The summed E-state index contributed by atoms with van der Waals surface area (Å²) in [7, 11) is 4.04. The van der Waals surface area contributed by atoms with Gasteiger partial charge in [0.05, 0.1) is 11.3 Å². The third kappa shape index (κ3) is 6.20. The van der Waals surface area contributed by atoms with Gasteiger partial charge in [-0.1, -0.05) is 6.92 Å². The number of nitrogens with zero attached hydrogens (tertiary/aromatic N) is 2. The maximum atomic E-state index is 11.9. The molecule has 0 aromatic carbocycles. The molecule has 106 valence electrons. The largest absolute Gasteiger partial charge is 0.384 e. The summed E-state index contributed by atoms with van der Waals surface area (Å²) in [6, 6.07) is 1.84. The van der Waals surface area contributed by atoms with E-state index in [0.29, 0.717) is 12.1 Å². The number of aromatic nitrogens is 1. The van der Waals surface area contributed by atoms with Gasteiger partial charge in [-0.05, 0) is 39.5 Å². The molecule has 0 saturated heterocycles. The molecule has 2 N–H and O–H groups in total. The number of carbonyl (C=O) groups is 1. The van der Waals surface area contributed by atoms with Crippen LogP contribution < -0.4 is 10.6 Å². The molecule has 0 fully saturated rings. The van der Waals surface area contributed by atoms with Crippen LogP contribution in [0.4, 0.5) is 5.69 Å². The molecule has 1 heterocycles. The molecule has 0 spiro atoms. The van der Waals surface area contributed by atoms with Crippen molar-refractivity contribution < 1.29 is 4.79 Å². The zero-order valence-electron chi connectivity index (χ0n) is 12.1. The molecule has 0 radical (unpaired) electrons. The van der Waals surface area contributed by atoms with Crippen molar-refractivity contribution in [1.82, 2.24) is 15.2 Å². The molecule has 0 bridgehead atoms. The zero-order chi connectivity index (χ0) is 14.1. The Morgan fingerprint density at radius 3 is 2.79 bits per heavy atom. The summed E-state index contributed by atoms with van der Waals surface area (Å²) >= 11 is 0. The van der Waals surface area contributed by atoms with Crippen molar-refractivity contribution in [3.05, 3.63) is 24.0 Å². The smallest absolute Gasteiger partial charge is 0.252 e. The average molecular weight is 264 g/mol. The van der Waals surface area contributed by atoms with E-state index in [1.54, 1.807) is 12.4 Å². The second kappa shape index (κ2) is 8.48. The van der Waals surface area contributed by atoms with Gasteiger partial charge in [0.25, 0.3) is 5.91 Å². The topological polar surface area (TPSA) is 57.3 Å². The molecule has 0 aliphatic rings. The van der Waals surface area contributed by atoms with E-state index < -0.39 is 0 Å². The van der Waals surface area contributed by atoms with Crippen molar-refractivity contribution in [2.75, 3.05) is 39.0 Å². The maximum absolute atomic E-state index is 11.9. The van der Waals surface area contributed by atoms with Gasteiger partial charge in [0.15, 0.2) is 0 Å². The van der Waals surface area contributed by atoms with E-state index in [1.165, 1.54) is 0 Å². The van der Waals surface area contributed by atoms with Gasteiger partial charge in [-0.3, -0.25) is 9.78 Å². The number of pyridine rings is 1. The molecule has 1 rings (SSSR count). The Bertz CT molecular complexity index is 393. The Morgan fingerprint density at radius 2 is 2.11 bits per heavy atom. The van der Waals surface area contributed by atoms with Crippen LogP contribution in [0.15, 0.2) is 18.5 Å². The van der Waals surface area contributed by atoms with Crippen molar-refractivity contribution in [3.63, 3.8) is 0 Å². The number of nitrogens with one attached hydrogen (secondary N) is 2. The summed E-state index contributed by atoms with van der Waals surface area (Å²) in [4.78, 5) is 18.1. The Balaban J connectivity index is 2.43. The van der Waals surface area contributed by atoms with Gasteiger partial charge in [0, 0.05) is 25.5 Å². The SMILES string of the molecule is CCCNc1cncc(C(=O)NCCCN(C)C)c1. The first-order valence-corrected chi connectivity index (χ1v) is 6.75. The zero-order valence-corrected chi connectivity index (χ0v) is 12.1. The maximum Gasteiger partial charge on any atom is 0.252 e. The molecule has 19 heavy (non-hydrogen) atoms. The van der Waals surface area contributed by atoms with E-state index in [4.69, 9.17) is 0 Å². The van der Waals surface area contributed by atoms with Gasteiger partial charge in [0.1, 0.15) is 0 Å². The predicted octanol–water partition coefficient (Wildman–Crippen LogP) is 1.58. The van der Waals surface area contributed by atoms with Crippen LogP contribution in [0, 0.1) is 0 Å². The Morgan fingerprint density at radius 1 is 1.32 bits per heavy atom. The second-order valence-corrected chi connectivity index (χ2v) is 4.80. The van der Waals surface area contributed by atoms with Gasteiger partial charge in [-0.2, -0.15) is 0 Å². The predicted molar refractivity (Wildman–Crippen MR) is 78.5 cm³/mol. The van der Waals surface area contributed by atoms with Crippen LogP contribution in [0.25, 0.3) is 0 Å². The molecule has 5 nitrogen and oxygen atoms in total. The normalized spacial score (nSPS) is 10.5. The van der Waals surface area contributed by atoms with E-state index in [0.717, 1.165) is 31.6 Å². The average Bonchev–Trinajstić information content (AvgIpc) is 2.41. The van der Waals surface area contributed by atoms with Gasteiger partial charge >= 0.3 is 0 Å². The lowest BCUT2D eigenvalue weighted by Crippen LogP contribution is -2.27. The van der Waals surface area contributed by atoms with Crippen LogP contribution >= 0.6 is 0 Å². The first kappa shape index (κ1) is 15.4. The van der Waals surface area contributed by atoms with Crippen LogP contribution in [-0.4, -0.2) is 49.5 Å². The molecule has 0 atom stereocenters. The molecule has 1 aromatic rings. The van der Waals surface area contributed by atoms with Gasteiger partial charge in [-0.15, -0.1) is 0 Å². The summed E-state index contributed by atoms with van der Waals surface area (Å²) in [5.74, 6) is -0.0635. The fraction of sp³-hybridized carbons (Fsp3) is 0.571. The lowest BCUT2D eigenvalue weighted by molar-refractivity contribution is 0.0952. The Hall–Kier alpha value is -1.62. The lowest BCUT2D eigenvalue weighted by Gasteiger charge is -2.10. The second-order valence-electron chi connectivity index (χ2n) is 4.80. The number of rotatable bonds is 8. The minimum Gasteiger partial charge on any atom is -0.384 e. The lowest BCUT2D eigenvalue weighted by atomic mass is 10.2. The van der Waals surface area contributed by atoms with Crippen molar-refractivity contribution in [2.24, 2.45) is 0 Å². The fourth-order valence-corrected chi connectivity index (χ4v) is 1.63. The highest BCUT2D eigenvalue weighted by Crippen LogP contribution is 2.08. The number of carbonyl (C=O) groups excluding carboxylic acids is 1. The summed E-state index contributed by atoms with van der Waals surface area (Å²) in [6.07, 6.45) is 5.32. The van der Waals surface area contributed by atoms with Crippen LogP contribution in [0.2, 0.25) is 0 Å². The van der Waals surface area contributed by atoms with Crippen molar-refractivity contribution in [3.8, 4) is 0 Å². The minimum atomic E-state index is -0.0635. The van der Waals surface area contributed by atoms with Crippen LogP contribution in [-0.2, 0) is 0 Å². The Labute approximate surface area is 115 Å². The van der Waals surface area contributed by atoms with Crippen molar-refractivity contribution in [2.45, 2.75) is 19.8 Å². The number of amides is 1. The quantitative estimate of drug-likeness (QED) is 0.700. The summed E-state index contributed by atoms with van der Waals surface area (Å²) in [5.41, 5.74) is 1.49. The van der Waals surface area contributed by atoms with E-state index in [1.807, 2.05) is 20.2 Å². The highest BCUT2D eigenvalue weighted by molar-refractivity contribution is 5.94. The van der Waals surface area contributed by atoms with Gasteiger partial charge < -0.3 is 15.5 Å². The van der Waals surface area contributed by atoms with Crippen LogP contribution in [0.3, 0.4) is 0 Å². The highest BCUT2D eigenvalue weighted by atomic mass is 16.1. The highest BCUT2D eigenvalue weighted by Gasteiger charge is 2.06. The Kier molecular flexibility index (Phi) is 6.89. The van der Waals surface area contributed by atoms with E-state index >= 15 is 0 Å². The number of hydrogen-bond acceptors (Lipinski definition) is 4.